The summed E-state index contributed by atoms with van der Waals surface area (Å²) in [7, 11) is 0. The van der Waals surface area contributed by atoms with Crippen LogP contribution in [0, 0.1) is 13.8 Å². The quantitative estimate of drug-likeness (QED) is 0.510. The lowest BCUT2D eigenvalue weighted by Crippen LogP contribution is -2.25. The third kappa shape index (κ3) is 4.68. The third-order valence-electron chi connectivity index (χ3n) is 3.07. The van der Waals surface area contributed by atoms with Crippen LogP contribution in [0.15, 0.2) is 53.6 Å². The summed E-state index contributed by atoms with van der Waals surface area (Å²) >= 11 is 5.24. The van der Waals surface area contributed by atoms with Gasteiger partial charge in [-0.15, -0.1) is 0 Å². The average Bonchev–Trinajstić information content (AvgIpc) is 2.45. The zero-order chi connectivity index (χ0) is 15.2. The molecule has 21 heavy (non-hydrogen) atoms. The van der Waals surface area contributed by atoms with Crippen molar-refractivity contribution in [2.45, 2.75) is 20.8 Å². The van der Waals surface area contributed by atoms with E-state index in [0.29, 0.717) is 5.11 Å². The SMILES string of the molecule is C/C(=N/NC(=S)Nc1cccc(C)c1)c1ccc(C)cc1. The Hall–Kier alpha value is -2.20. The molecule has 2 N–H and O–H groups in total. The molecule has 0 heterocycles. The summed E-state index contributed by atoms with van der Waals surface area (Å²) in [6, 6.07) is 16.3. The Morgan fingerprint density at radius 2 is 1.71 bits per heavy atom. The van der Waals surface area contributed by atoms with Gasteiger partial charge >= 0.3 is 0 Å². The van der Waals surface area contributed by atoms with Crippen molar-refractivity contribution in [3.8, 4) is 0 Å². The molecule has 0 radical (unpaired) electrons. The maximum Gasteiger partial charge on any atom is 0.191 e. The average molecular weight is 297 g/mol. The molecule has 0 bridgehead atoms. The number of nitrogens with one attached hydrogen (secondary N) is 2. The summed E-state index contributed by atoms with van der Waals surface area (Å²) in [6.45, 7) is 6.06. The van der Waals surface area contributed by atoms with Crippen LogP contribution in [0.1, 0.15) is 23.6 Å². The van der Waals surface area contributed by atoms with Gasteiger partial charge in [-0.1, -0.05) is 42.0 Å². The van der Waals surface area contributed by atoms with E-state index in [2.05, 4.69) is 34.9 Å². The Balaban J connectivity index is 1.96. The normalized spacial score (nSPS) is 11.1. The summed E-state index contributed by atoms with van der Waals surface area (Å²) in [5.41, 5.74) is 8.21. The Labute approximate surface area is 131 Å². The van der Waals surface area contributed by atoms with Crippen LogP contribution in [-0.2, 0) is 0 Å². The molecule has 0 aliphatic rings. The molecule has 2 aromatic rings. The molecular weight excluding hydrogens is 278 g/mol. The van der Waals surface area contributed by atoms with E-state index in [9.17, 15) is 0 Å². The number of hydrogen-bond acceptors (Lipinski definition) is 2. The van der Waals surface area contributed by atoms with E-state index in [1.165, 1.54) is 11.1 Å². The molecule has 108 valence electrons. The summed E-state index contributed by atoms with van der Waals surface area (Å²) in [6.07, 6.45) is 0. The van der Waals surface area contributed by atoms with Gasteiger partial charge in [-0.05, 0) is 56.2 Å². The molecule has 2 rings (SSSR count). The standard InChI is InChI=1S/C17H19N3S/c1-12-7-9-15(10-8-12)14(3)19-20-17(21)18-16-6-4-5-13(2)11-16/h4-11H,1-3H3,(H2,18,20,21)/b19-14-. The van der Waals surface area contributed by atoms with Crippen molar-refractivity contribution in [2.24, 2.45) is 5.10 Å². The van der Waals surface area contributed by atoms with Crippen LogP contribution >= 0.6 is 12.2 Å². The molecule has 4 heteroatoms. The molecule has 0 unspecified atom stereocenters. The van der Waals surface area contributed by atoms with Gasteiger partial charge in [0.25, 0.3) is 0 Å². The highest BCUT2D eigenvalue weighted by atomic mass is 32.1. The molecule has 0 saturated heterocycles. The molecule has 0 aliphatic heterocycles. The van der Waals surface area contributed by atoms with Crippen molar-refractivity contribution in [3.05, 3.63) is 65.2 Å². The first-order valence-electron chi connectivity index (χ1n) is 6.79. The fraction of sp³-hybridized carbons (Fsp3) is 0.176. The van der Waals surface area contributed by atoms with Gasteiger partial charge in [0.1, 0.15) is 0 Å². The third-order valence-corrected chi connectivity index (χ3v) is 3.26. The first-order chi connectivity index (χ1) is 10.0. The molecule has 3 nitrogen and oxygen atoms in total. The summed E-state index contributed by atoms with van der Waals surface area (Å²) in [4.78, 5) is 0. The second-order valence-corrected chi connectivity index (χ2v) is 5.41. The number of nitrogens with zero attached hydrogens (tertiary/aromatic N) is 1. The fourth-order valence-corrected chi connectivity index (χ4v) is 2.04. The molecule has 0 aromatic heterocycles. The number of rotatable bonds is 3. The first kappa shape index (κ1) is 15.2. The molecule has 0 amide bonds. The van der Waals surface area contributed by atoms with E-state index < -0.39 is 0 Å². The molecule has 2 aromatic carbocycles. The molecular formula is C17H19N3S. The number of thiocarbonyl (C=S) groups is 1. The Morgan fingerprint density at radius 3 is 2.38 bits per heavy atom. The highest BCUT2D eigenvalue weighted by Crippen LogP contribution is 2.09. The van der Waals surface area contributed by atoms with Gasteiger partial charge in [-0.25, -0.2) is 0 Å². The summed E-state index contributed by atoms with van der Waals surface area (Å²) < 4.78 is 0. The lowest BCUT2D eigenvalue weighted by molar-refractivity contribution is 1.04. The summed E-state index contributed by atoms with van der Waals surface area (Å²) in [5.74, 6) is 0. The first-order valence-corrected chi connectivity index (χ1v) is 7.20. The molecule has 0 fully saturated rings. The topological polar surface area (TPSA) is 36.4 Å². The zero-order valence-electron chi connectivity index (χ0n) is 12.5. The van der Waals surface area contributed by atoms with Crippen molar-refractivity contribution >= 4 is 28.7 Å². The van der Waals surface area contributed by atoms with Crippen LogP contribution in [-0.4, -0.2) is 10.8 Å². The van der Waals surface area contributed by atoms with Crippen LogP contribution in [0.25, 0.3) is 0 Å². The second-order valence-electron chi connectivity index (χ2n) is 5.00. The Bertz CT molecular complexity index is 660. The van der Waals surface area contributed by atoms with Crippen LogP contribution in [0.4, 0.5) is 5.69 Å². The molecule has 0 spiro atoms. The lowest BCUT2D eigenvalue weighted by atomic mass is 10.1. The lowest BCUT2D eigenvalue weighted by Gasteiger charge is -2.08. The predicted octanol–water partition coefficient (Wildman–Crippen LogP) is 4.01. The maximum atomic E-state index is 5.24. The maximum absolute atomic E-state index is 5.24. The highest BCUT2D eigenvalue weighted by molar-refractivity contribution is 7.80. The number of hydrogen-bond donors (Lipinski definition) is 2. The van der Waals surface area contributed by atoms with Gasteiger partial charge in [0.15, 0.2) is 5.11 Å². The van der Waals surface area contributed by atoms with Gasteiger partial charge in [-0.3, -0.25) is 5.43 Å². The zero-order valence-corrected chi connectivity index (χ0v) is 13.3. The van der Waals surface area contributed by atoms with Crippen molar-refractivity contribution < 1.29 is 0 Å². The molecule has 0 aliphatic carbocycles. The van der Waals surface area contributed by atoms with E-state index in [-0.39, 0.29) is 0 Å². The Morgan fingerprint density at radius 1 is 1.00 bits per heavy atom. The van der Waals surface area contributed by atoms with Crippen molar-refractivity contribution in [2.75, 3.05) is 5.32 Å². The number of benzene rings is 2. The smallest absolute Gasteiger partial charge is 0.191 e. The van der Waals surface area contributed by atoms with Gasteiger partial charge in [0.05, 0.1) is 5.71 Å². The Kier molecular flexibility index (Phi) is 5.06. The van der Waals surface area contributed by atoms with Crippen LogP contribution in [0.2, 0.25) is 0 Å². The van der Waals surface area contributed by atoms with Gasteiger partial charge in [-0.2, -0.15) is 5.10 Å². The largest absolute Gasteiger partial charge is 0.331 e. The molecule has 0 saturated carbocycles. The van der Waals surface area contributed by atoms with Crippen LogP contribution < -0.4 is 10.7 Å². The van der Waals surface area contributed by atoms with Gasteiger partial charge in [0.2, 0.25) is 0 Å². The van der Waals surface area contributed by atoms with Gasteiger partial charge < -0.3 is 5.32 Å². The van der Waals surface area contributed by atoms with Gasteiger partial charge in [0, 0.05) is 5.69 Å². The predicted molar refractivity (Wildman–Crippen MR) is 93.9 cm³/mol. The van der Waals surface area contributed by atoms with E-state index in [1.807, 2.05) is 50.2 Å². The fourth-order valence-electron chi connectivity index (χ4n) is 1.88. The number of hydrazone groups is 1. The van der Waals surface area contributed by atoms with Crippen molar-refractivity contribution in [1.82, 2.24) is 5.43 Å². The van der Waals surface area contributed by atoms with E-state index in [0.717, 1.165) is 17.0 Å². The minimum Gasteiger partial charge on any atom is -0.331 e. The minimum absolute atomic E-state index is 0.479. The van der Waals surface area contributed by atoms with E-state index in [4.69, 9.17) is 12.2 Å². The second kappa shape index (κ2) is 6.99. The van der Waals surface area contributed by atoms with Crippen molar-refractivity contribution in [1.29, 1.82) is 0 Å². The van der Waals surface area contributed by atoms with E-state index >= 15 is 0 Å². The monoisotopic (exact) mass is 297 g/mol. The minimum atomic E-state index is 0.479. The van der Waals surface area contributed by atoms with Crippen molar-refractivity contribution in [3.63, 3.8) is 0 Å². The van der Waals surface area contributed by atoms with E-state index in [1.54, 1.807) is 0 Å². The van der Waals surface area contributed by atoms with Crippen LogP contribution in [0.3, 0.4) is 0 Å². The highest BCUT2D eigenvalue weighted by Gasteiger charge is 1.99. The van der Waals surface area contributed by atoms with Crippen LogP contribution in [0.5, 0.6) is 0 Å². The molecule has 0 atom stereocenters. The number of anilines is 1. The number of aryl methyl sites for hydroxylation is 2. The summed E-state index contributed by atoms with van der Waals surface area (Å²) in [5, 5.41) is 7.90.